The molecule has 3 unspecified atom stereocenters. The third kappa shape index (κ3) is 1.59. The van der Waals surface area contributed by atoms with Gasteiger partial charge in [-0.2, -0.15) is 0 Å². The number of rotatable bonds is 2. The van der Waals surface area contributed by atoms with Gasteiger partial charge in [-0.15, -0.1) is 0 Å². The van der Waals surface area contributed by atoms with E-state index < -0.39 is 17.9 Å². The van der Waals surface area contributed by atoms with Crippen molar-refractivity contribution < 1.29 is 24.2 Å². The lowest BCUT2D eigenvalue weighted by Gasteiger charge is -2.24. The summed E-state index contributed by atoms with van der Waals surface area (Å²) in [7, 11) is 0. The molecule has 0 spiro atoms. The molecule has 3 atom stereocenters. The van der Waals surface area contributed by atoms with E-state index in [1.54, 1.807) is 6.92 Å². The topological polar surface area (TPSA) is 83.9 Å². The zero-order chi connectivity index (χ0) is 11.9. The van der Waals surface area contributed by atoms with E-state index in [-0.39, 0.29) is 37.4 Å². The van der Waals surface area contributed by atoms with Crippen LogP contribution in [0, 0.1) is 11.8 Å². The lowest BCUT2D eigenvalue weighted by Crippen LogP contribution is -2.46. The van der Waals surface area contributed by atoms with Crippen molar-refractivity contribution in [3.8, 4) is 0 Å². The number of carbonyl (C=O) groups is 3. The maximum absolute atomic E-state index is 11.7. The van der Waals surface area contributed by atoms with Crippen LogP contribution in [0.3, 0.4) is 0 Å². The molecule has 0 radical (unpaired) electrons. The number of imide groups is 1. The third-order valence-electron chi connectivity index (χ3n) is 3.11. The summed E-state index contributed by atoms with van der Waals surface area (Å²) in [6.45, 7) is 1.86. The molecule has 2 rings (SSSR count). The van der Waals surface area contributed by atoms with Gasteiger partial charge in [0, 0.05) is 12.3 Å². The minimum Gasteiger partial charge on any atom is -0.481 e. The van der Waals surface area contributed by atoms with Crippen LogP contribution in [-0.4, -0.2) is 47.0 Å². The minimum atomic E-state index is -1.03. The SMILES string of the molecule is CC1CC(=O)N(C2COCC2C(=O)O)C1=O. The highest BCUT2D eigenvalue weighted by molar-refractivity contribution is 6.04. The zero-order valence-electron chi connectivity index (χ0n) is 8.88. The molecule has 88 valence electrons. The number of amides is 2. The van der Waals surface area contributed by atoms with Gasteiger partial charge in [-0.3, -0.25) is 19.3 Å². The second kappa shape index (κ2) is 3.86. The van der Waals surface area contributed by atoms with Crippen LogP contribution in [0.4, 0.5) is 0 Å². The van der Waals surface area contributed by atoms with Crippen molar-refractivity contribution in [1.82, 2.24) is 4.90 Å². The second-order valence-corrected chi connectivity index (χ2v) is 4.26. The van der Waals surface area contributed by atoms with Crippen LogP contribution < -0.4 is 0 Å². The van der Waals surface area contributed by atoms with Crippen LogP contribution in [0.1, 0.15) is 13.3 Å². The molecule has 6 heteroatoms. The molecule has 2 aliphatic heterocycles. The summed E-state index contributed by atoms with van der Waals surface area (Å²) >= 11 is 0. The Balaban J connectivity index is 2.21. The molecular formula is C10H13NO5. The molecule has 2 heterocycles. The van der Waals surface area contributed by atoms with Gasteiger partial charge < -0.3 is 9.84 Å². The van der Waals surface area contributed by atoms with Crippen LogP contribution >= 0.6 is 0 Å². The van der Waals surface area contributed by atoms with E-state index in [0.717, 1.165) is 4.90 Å². The molecule has 6 nitrogen and oxygen atoms in total. The van der Waals surface area contributed by atoms with E-state index in [0.29, 0.717) is 0 Å². The van der Waals surface area contributed by atoms with Crippen molar-refractivity contribution in [2.45, 2.75) is 19.4 Å². The number of carboxylic acid groups (broad SMARTS) is 1. The monoisotopic (exact) mass is 227 g/mol. The number of likely N-dealkylation sites (tertiary alicyclic amines) is 1. The van der Waals surface area contributed by atoms with Gasteiger partial charge in [-0.05, 0) is 0 Å². The highest BCUT2D eigenvalue weighted by atomic mass is 16.5. The molecule has 2 fully saturated rings. The summed E-state index contributed by atoms with van der Waals surface area (Å²) < 4.78 is 5.05. The largest absolute Gasteiger partial charge is 0.481 e. The Morgan fingerprint density at radius 3 is 2.62 bits per heavy atom. The van der Waals surface area contributed by atoms with E-state index in [4.69, 9.17) is 9.84 Å². The van der Waals surface area contributed by atoms with Crippen LogP contribution in [0.5, 0.6) is 0 Å². The number of carbonyl (C=O) groups excluding carboxylic acids is 2. The Hall–Kier alpha value is -1.43. The van der Waals surface area contributed by atoms with Gasteiger partial charge in [0.15, 0.2) is 0 Å². The molecule has 2 amide bonds. The Morgan fingerprint density at radius 2 is 2.12 bits per heavy atom. The van der Waals surface area contributed by atoms with Crippen molar-refractivity contribution >= 4 is 17.8 Å². The van der Waals surface area contributed by atoms with Gasteiger partial charge in [0.25, 0.3) is 0 Å². The smallest absolute Gasteiger partial charge is 0.311 e. The summed E-state index contributed by atoms with van der Waals surface area (Å²) in [6.07, 6.45) is 0.168. The fourth-order valence-corrected chi connectivity index (χ4v) is 2.19. The number of nitrogens with zero attached hydrogens (tertiary/aromatic N) is 1. The fourth-order valence-electron chi connectivity index (χ4n) is 2.19. The molecule has 0 aromatic heterocycles. The molecule has 0 bridgehead atoms. The maximum atomic E-state index is 11.7. The van der Waals surface area contributed by atoms with Crippen LogP contribution in [-0.2, 0) is 19.1 Å². The lowest BCUT2D eigenvalue weighted by atomic mass is 10.0. The van der Waals surface area contributed by atoms with E-state index in [9.17, 15) is 14.4 Å². The summed E-state index contributed by atoms with van der Waals surface area (Å²) in [5.74, 6) is -2.74. The first-order chi connectivity index (χ1) is 7.52. The molecular weight excluding hydrogens is 214 g/mol. The van der Waals surface area contributed by atoms with Gasteiger partial charge in [0.1, 0.15) is 5.92 Å². The van der Waals surface area contributed by atoms with Crippen LogP contribution in [0.25, 0.3) is 0 Å². The van der Waals surface area contributed by atoms with E-state index in [2.05, 4.69) is 0 Å². The van der Waals surface area contributed by atoms with E-state index >= 15 is 0 Å². The van der Waals surface area contributed by atoms with Crippen molar-refractivity contribution in [2.75, 3.05) is 13.2 Å². The summed E-state index contributed by atoms with van der Waals surface area (Å²) in [5.41, 5.74) is 0. The number of hydrogen-bond acceptors (Lipinski definition) is 4. The van der Waals surface area contributed by atoms with Gasteiger partial charge >= 0.3 is 5.97 Å². The van der Waals surface area contributed by atoms with Gasteiger partial charge in [-0.1, -0.05) is 6.92 Å². The molecule has 1 N–H and O–H groups in total. The zero-order valence-corrected chi connectivity index (χ0v) is 8.88. The standard InChI is InChI=1S/C10H13NO5/c1-5-2-8(12)11(9(5)13)7-4-16-3-6(7)10(14)15/h5-7H,2-4H2,1H3,(H,14,15). The summed E-state index contributed by atoms with van der Waals surface area (Å²) in [5, 5.41) is 8.95. The average molecular weight is 227 g/mol. The number of carboxylic acids is 1. The van der Waals surface area contributed by atoms with Crippen LogP contribution in [0.15, 0.2) is 0 Å². The molecule has 0 aliphatic carbocycles. The fraction of sp³-hybridized carbons (Fsp3) is 0.700. The Morgan fingerprint density at radius 1 is 1.44 bits per heavy atom. The Labute approximate surface area is 92.2 Å². The van der Waals surface area contributed by atoms with Gasteiger partial charge in [-0.25, -0.2) is 0 Å². The van der Waals surface area contributed by atoms with Crippen molar-refractivity contribution in [3.63, 3.8) is 0 Å². The predicted molar refractivity (Wildman–Crippen MR) is 51.4 cm³/mol. The first-order valence-electron chi connectivity index (χ1n) is 5.19. The second-order valence-electron chi connectivity index (χ2n) is 4.26. The number of aliphatic carboxylic acids is 1. The van der Waals surface area contributed by atoms with E-state index in [1.165, 1.54) is 0 Å². The molecule has 0 aromatic carbocycles. The summed E-state index contributed by atoms with van der Waals surface area (Å²) in [6, 6.07) is -0.637. The average Bonchev–Trinajstić information content (AvgIpc) is 2.73. The molecule has 16 heavy (non-hydrogen) atoms. The normalized spacial score (nSPS) is 34.8. The highest BCUT2D eigenvalue weighted by Crippen LogP contribution is 2.28. The van der Waals surface area contributed by atoms with Crippen molar-refractivity contribution in [2.24, 2.45) is 11.8 Å². The minimum absolute atomic E-state index is 0.0610. The van der Waals surface area contributed by atoms with Gasteiger partial charge in [0.05, 0.1) is 19.3 Å². The van der Waals surface area contributed by atoms with Crippen molar-refractivity contribution in [1.29, 1.82) is 0 Å². The quantitative estimate of drug-likeness (QED) is 0.642. The lowest BCUT2D eigenvalue weighted by molar-refractivity contribution is -0.147. The molecule has 2 aliphatic rings. The molecule has 2 saturated heterocycles. The highest BCUT2D eigenvalue weighted by Gasteiger charge is 2.47. The first kappa shape index (κ1) is 11.1. The predicted octanol–water partition coefficient (Wildman–Crippen LogP) is -0.519. The third-order valence-corrected chi connectivity index (χ3v) is 3.11. The molecule has 0 saturated carbocycles. The summed E-state index contributed by atoms with van der Waals surface area (Å²) in [4.78, 5) is 35.3. The van der Waals surface area contributed by atoms with Gasteiger partial charge in [0.2, 0.25) is 11.8 Å². The molecule has 0 aromatic rings. The maximum Gasteiger partial charge on any atom is 0.311 e. The van der Waals surface area contributed by atoms with Crippen LogP contribution in [0.2, 0.25) is 0 Å². The Kier molecular flexibility index (Phi) is 2.67. The van der Waals surface area contributed by atoms with E-state index in [1.807, 2.05) is 0 Å². The number of ether oxygens (including phenoxy) is 1. The first-order valence-corrected chi connectivity index (χ1v) is 5.19. The Bertz CT molecular complexity index is 353. The van der Waals surface area contributed by atoms with Crippen molar-refractivity contribution in [3.05, 3.63) is 0 Å². The number of hydrogen-bond donors (Lipinski definition) is 1.